The van der Waals surface area contributed by atoms with Gasteiger partial charge in [-0.3, -0.25) is 9.69 Å². The Morgan fingerprint density at radius 3 is 3.10 bits per heavy atom. The summed E-state index contributed by atoms with van der Waals surface area (Å²) in [5.41, 5.74) is 8.22. The van der Waals surface area contributed by atoms with E-state index in [1.807, 2.05) is 0 Å². The normalized spacial score (nSPS) is 14.7. The van der Waals surface area contributed by atoms with Crippen LogP contribution in [0.15, 0.2) is 29.6 Å². The van der Waals surface area contributed by atoms with Gasteiger partial charge in [0, 0.05) is 23.7 Å². The molecule has 1 aromatic heterocycles. The molecule has 21 heavy (non-hydrogen) atoms. The molecule has 3 rings (SSSR count). The molecule has 0 saturated carbocycles. The number of nitrogens with one attached hydrogen (secondary N) is 1. The molecule has 1 aromatic carbocycles. The van der Waals surface area contributed by atoms with Gasteiger partial charge in [0.15, 0.2) is 0 Å². The molecule has 0 fully saturated rings. The van der Waals surface area contributed by atoms with Crippen LogP contribution in [-0.4, -0.2) is 23.9 Å². The largest absolute Gasteiger partial charge is 0.397 e. The highest BCUT2D eigenvalue weighted by Crippen LogP contribution is 2.24. The minimum absolute atomic E-state index is 0.0320. The second-order valence-electron chi connectivity index (χ2n) is 5.11. The molecule has 0 aliphatic carbocycles. The standard InChI is InChI=1S/C15H16ClN3OS/c16-12-2-1-11(7-13(12)17)18-15(20)9-19-5-3-14-10(8-19)4-6-21-14/h1-2,4,6-7H,3,5,8-9,17H2,(H,18,20). The molecule has 1 aliphatic rings. The molecule has 0 saturated heterocycles. The van der Waals surface area contributed by atoms with Crippen LogP contribution >= 0.6 is 22.9 Å². The van der Waals surface area contributed by atoms with E-state index in [1.54, 1.807) is 29.5 Å². The second-order valence-corrected chi connectivity index (χ2v) is 6.52. The molecule has 6 heteroatoms. The number of rotatable bonds is 3. The van der Waals surface area contributed by atoms with Gasteiger partial charge in [0.05, 0.1) is 17.3 Å². The summed E-state index contributed by atoms with van der Waals surface area (Å²) in [6.07, 6.45) is 1.02. The first-order valence-electron chi connectivity index (χ1n) is 6.74. The highest BCUT2D eigenvalue weighted by Gasteiger charge is 2.19. The minimum atomic E-state index is -0.0320. The molecule has 1 aliphatic heterocycles. The number of nitrogens with zero attached hydrogens (tertiary/aromatic N) is 1. The fourth-order valence-corrected chi connectivity index (χ4v) is 3.47. The number of nitrogens with two attached hydrogens (primary N) is 1. The molecule has 2 heterocycles. The van der Waals surface area contributed by atoms with Crippen molar-refractivity contribution in [2.24, 2.45) is 0 Å². The molecule has 0 bridgehead atoms. The quantitative estimate of drug-likeness (QED) is 0.854. The molecular formula is C15H16ClN3OS. The number of benzene rings is 1. The number of carbonyl (C=O) groups excluding carboxylic acids is 1. The summed E-state index contributed by atoms with van der Waals surface area (Å²) in [6, 6.07) is 7.26. The van der Waals surface area contributed by atoms with E-state index in [4.69, 9.17) is 17.3 Å². The Morgan fingerprint density at radius 2 is 2.29 bits per heavy atom. The topological polar surface area (TPSA) is 58.4 Å². The van der Waals surface area contributed by atoms with Crippen molar-refractivity contribution >= 4 is 40.2 Å². The third-order valence-corrected chi connectivity index (χ3v) is 4.90. The number of hydrogen-bond donors (Lipinski definition) is 2. The SMILES string of the molecule is Nc1cc(NC(=O)CN2CCc3sccc3C2)ccc1Cl. The molecule has 0 unspecified atom stereocenters. The lowest BCUT2D eigenvalue weighted by Gasteiger charge is -2.26. The number of thiophene rings is 1. The van der Waals surface area contributed by atoms with Crippen molar-refractivity contribution in [3.63, 3.8) is 0 Å². The summed E-state index contributed by atoms with van der Waals surface area (Å²) in [4.78, 5) is 15.7. The molecular weight excluding hydrogens is 306 g/mol. The average Bonchev–Trinajstić information content (AvgIpc) is 2.90. The number of halogens is 1. The monoisotopic (exact) mass is 321 g/mol. The molecule has 0 atom stereocenters. The maximum Gasteiger partial charge on any atom is 0.238 e. The zero-order valence-electron chi connectivity index (χ0n) is 11.4. The number of hydrogen-bond acceptors (Lipinski definition) is 4. The van der Waals surface area contributed by atoms with Gasteiger partial charge in [-0.05, 0) is 41.6 Å². The van der Waals surface area contributed by atoms with Crippen LogP contribution in [-0.2, 0) is 17.8 Å². The summed E-state index contributed by atoms with van der Waals surface area (Å²) < 4.78 is 0. The molecule has 0 spiro atoms. The van der Waals surface area contributed by atoms with Crippen molar-refractivity contribution in [3.05, 3.63) is 45.1 Å². The van der Waals surface area contributed by atoms with Crippen molar-refractivity contribution in [3.8, 4) is 0 Å². The van der Waals surface area contributed by atoms with Crippen molar-refractivity contribution in [2.45, 2.75) is 13.0 Å². The lowest BCUT2D eigenvalue weighted by atomic mass is 10.1. The summed E-state index contributed by atoms with van der Waals surface area (Å²) in [5, 5.41) is 5.47. The van der Waals surface area contributed by atoms with Gasteiger partial charge in [0.25, 0.3) is 0 Å². The van der Waals surface area contributed by atoms with Crippen molar-refractivity contribution in [2.75, 3.05) is 24.1 Å². The van der Waals surface area contributed by atoms with E-state index in [2.05, 4.69) is 21.7 Å². The Kier molecular flexibility index (Phi) is 4.14. The number of fused-ring (bicyclic) bond motifs is 1. The summed E-state index contributed by atoms with van der Waals surface area (Å²) in [6.45, 7) is 2.15. The van der Waals surface area contributed by atoms with Crippen LogP contribution in [0, 0.1) is 0 Å². The molecule has 3 N–H and O–H groups in total. The third-order valence-electron chi connectivity index (χ3n) is 3.53. The lowest BCUT2D eigenvalue weighted by Crippen LogP contribution is -2.36. The summed E-state index contributed by atoms with van der Waals surface area (Å²) in [7, 11) is 0. The molecule has 1 amide bonds. The van der Waals surface area contributed by atoms with Crippen LogP contribution in [0.3, 0.4) is 0 Å². The Balaban J connectivity index is 1.58. The van der Waals surface area contributed by atoms with Gasteiger partial charge in [0.2, 0.25) is 5.91 Å². The number of nitrogen functional groups attached to an aromatic ring is 1. The third kappa shape index (κ3) is 3.37. The summed E-state index contributed by atoms with van der Waals surface area (Å²) >= 11 is 7.66. The van der Waals surface area contributed by atoms with Crippen molar-refractivity contribution < 1.29 is 4.79 Å². The maximum absolute atomic E-state index is 12.1. The highest BCUT2D eigenvalue weighted by atomic mass is 35.5. The maximum atomic E-state index is 12.1. The van der Waals surface area contributed by atoms with E-state index in [0.717, 1.165) is 19.5 Å². The smallest absolute Gasteiger partial charge is 0.238 e. The van der Waals surface area contributed by atoms with Gasteiger partial charge in [-0.1, -0.05) is 11.6 Å². The van der Waals surface area contributed by atoms with E-state index in [1.165, 1.54) is 10.4 Å². The number of amides is 1. The Morgan fingerprint density at radius 1 is 1.43 bits per heavy atom. The van der Waals surface area contributed by atoms with Gasteiger partial charge in [-0.15, -0.1) is 11.3 Å². The first-order chi connectivity index (χ1) is 10.1. The van der Waals surface area contributed by atoms with E-state index < -0.39 is 0 Å². The van der Waals surface area contributed by atoms with Crippen LogP contribution < -0.4 is 11.1 Å². The predicted octanol–water partition coefficient (Wildman–Crippen LogP) is 2.98. The van der Waals surface area contributed by atoms with Gasteiger partial charge in [0.1, 0.15) is 0 Å². The van der Waals surface area contributed by atoms with Gasteiger partial charge < -0.3 is 11.1 Å². The Labute approximate surface area is 132 Å². The fourth-order valence-electron chi connectivity index (χ4n) is 2.47. The molecule has 110 valence electrons. The number of anilines is 2. The average molecular weight is 322 g/mol. The van der Waals surface area contributed by atoms with E-state index in [-0.39, 0.29) is 5.91 Å². The van der Waals surface area contributed by atoms with E-state index in [9.17, 15) is 4.79 Å². The number of carbonyl (C=O) groups is 1. The van der Waals surface area contributed by atoms with Crippen LogP contribution in [0.25, 0.3) is 0 Å². The first kappa shape index (κ1) is 14.4. The highest BCUT2D eigenvalue weighted by molar-refractivity contribution is 7.10. The molecule has 4 nitrogen and oxygen atoms in total. The van der Waals surface area contributed by atoms with Gasteiger partial charge in [-0.2, -0.15) is 0 Å². The van der Waals surface area contributed by atoms with Crippen molar-refractivity contribution in [1.82, 2.24) is 4.90 Å². The lowest BCUT2D eigenvalue weighted by molar-refractivity contribution is -0.117. The van der Waals surface area contributed by atoms with Gasteiger partial charge in [-0.25, -0.2) is 0 Å². The van der Waals surface area contributed by atoms with Gasteiger partial charge >= 0.3 is 0 Å². The van der Waals surface area contributed by atoms with Crippen LogP contribution in [0.4, 0.5) is 11.4 Å². The fraction of sp³-hybridized carbons (Fsp3) is 0.267. The van der Waals surface area contributed by atoms with E-state index >= 15 is 0 Å². The zero-order valence-corrected chi connectivity index (χ0v) is 13.0. The Bertz CT molecular complexity index is 671. The zero-order chi connectivity index (χ0) is 14.8. The predicted molar refractivity (Wildman–Crippen MR) is 87.8 cm³/mol. The molecule has 0 radical (unpaired) electrons. The second kappa shape index (κ2) is 6.05. The minimum Gasteiger partial charge on any atom is -0.397 e. The van der Waals surface area contributed by atoms with Crippen LogP contribution in [0.1, 0.15) is 10.4 Å². The van der Waals surface area contributed by atoms with Crippen LogP contribution in [0.5, 0.6) is 0 Å². The molecule has 2 aromatic rings. The Hall–Kier alpha value is -1.56. The van der Waals surface area contributed by atoms with E-state index in [0.29, 0.717) is 22.9 Å². The van der Waals surface area contributed by atoms with Crippen molar-refractivity contribution in [1.29, 1.82) is 0 Å². The summed E-state index contributed by atoms with van der Waals surface area (Å²) in [5.74, 6) is -0.0320. The van der Waals surface area contributed by atoms with Crippen LogP contribution in [0.2, 0.25) is 5.02 Å². The first-order valence-corrected chi connectivity index (χ1v) is 8.00.